The molecule has 2 heterocycles. The zero-order valence-electron chi connectivity index (χ0n) is 16.6. The number of amides is 1. The zero-order valence-corrected chi connectivity index (χ0v) is 16.6. The van der Waals surface area contributed by atoms with Crippen LogP contribution < -0.4 is 15.5 Å². The van der Waals surface area contributed by atoms with Crippen molar-refractivity contribution in [3.05, 3.63) is 41.6 Å². The molecular weight excluding hydrogens is 350 g/mol. The van der Waals surface area contributed by atoms with E-state index in [1.54, 1.807) is 0 Å². The van der Waals surface area contributed by atoms with Gasteiger partial charge in [0, 0.05) is 48.9 Å². The summed E-state index contributed by atoms with van der Waals surface area (Å²) in [6.45, 7) is 3.25. The summed E-state index contributed by atoms with van der Waals surface area (Å²) in [5, 5.41) is 6.09. The number of carbonyl (C=O) groups excluding carboxylic acids is 1. The van der Waals surface area contributed by atoms with E-state index in [4.69, 9.17) is 9.97 Å². The summed E-state index contributed by atoms with van der Waals surface area (Å²) in [5.74, 6) is 2.21. The lowest BCUT2D eigenvalue weighted by molar-refractivity contribution is -0.125. The SMILES string of the molecule is CNCCNC(=O)C1CCN(c2nc(-c3ccccc3)nc3c2CCC3)CC1. The largest absolute Gasteiger partial charge is 0.356 e. The maximum atomic E-state index is 12.4. The average molecular weight is 380 g/mol. The van der Waals surface area contributed by atoms with Gasteiger partial charge in [-0.05, 0) is 39.2 Å². The van der Waals surface area contributed by atoms with Crippen molar-refractivity contribution < 1.29 is 4.79 Å². The van der Waals surface area contributed by atoms with Crippen molar-refractivity contribution in [1.29, 1.82) is 0 Å². The van der Waals surface area contributed by atoms with Crippen LogP contribution >= 0.6 is 0 Å². The summed E-state index contributed by atoms with van der Waals surface area (Å²) >= 11 is 0. The highest BCUT2D eigenvalue weighted by atomic mass is 16.1. The Kier molecular flexibility index (Phi) is 5.86. The van der Waals surface area contributed by atoms with Gasteiger partial charge in [0.1, 0.15) is 5.82 Å². The second kappa shape index (κ2) is 8.69. The number of aromatic nitrogens is 2. The summed E-state index contributed by atoms with van der Waals surface area (Å²) in [6.07, 6.45) is 5.01. The number of piperidine rings is 1. The van der Waals surface area contributed by atoms with Crippen molar-refractivity contribution in [3.63, 3.8) is 0 Å². The maximum absolute atomic E-state index is 12.4. The van der Waals surface area contributed by atoms with E-state index in [0.717, 1.165) is 68.9 Å². The number of hydrogen-bond acceptors (Lipinski definition) is 5. The van der Waals surface area contributed by atoms with Crippen LogP contribution in [-0.4, -0.2) is 49.1 Å². The van der Waals surface area contributed by atoms with Gasteiger partial charge in [-0.25, -0.2) is 9.97 Å². The fourth-order valence-electron chi connectivity index (χ4n) is 4.20. The standard InChI is InChI=1S/C22H29N5O/c1-23-12-13-24-22(28)17-10-14-27(15-11-17)21-18-8-5-9-19(18)25-20(26-21)16-6-3-2-4-7-16/h2-4,6-7,17,23H,5,8-15H2,1H3,(H,24,28). The number of nitrogens with zero attached hydrogens (tertiary/aromatic N) is 3. The Hall–Kier alpha value is -2.47. The van der Waals surface area contributed by atoms with Gasteiger partial charge in [0.25, 0.3) is 0 Å². The molecule has 0 bridgehead atoms. The molecule has 6 heteroatoms. The van der Waals surface area contributed by atoms with Crippen LogP contribution in [-0.2, 0) is 17.6 Å². The zero-order chi connectivity index (χ0) is 19.3. The molecule has 0 radical (unpaired) electrons. The molecule has 6 nitrogen and oxygen atoms in total. The summed E-state index contributed by atoms with van der Waals surface area (Å²) < 4.78 is 0. The average Bonchev–Trinajstić information content (AvgIpc) is 3.23. The van der Waals surface area contributed by atoms with Crippen LogP contribution in [0.3, 0.4) is 0 Å². The van der Waals surface area contributed by atoms with Crippen LogP contribution in [0.2, 0.25) is 0 Å². The van der Waals surface area contributed by atoms with Crippen molar-refractivity contribution in [3.8, 4) is 11.4 Å². The fourth-order valence-corrected chi connectivity index (χ4v) is 4.20. The van der Waals surface area contributed by atoms with E-state index in [-0.39, 0.29) is 11.8 Å². The topological polar surface area (TPSA) is 70.2 Å². The Balaban J connectivity index is 1.49. The molecule has 2 aliphatic rings. The smallest absolute Gasteiger partial charge is 0.223 e. The van der Waals surface area contributed by atoms with Gasteiger partial charge in [-0.2, -0.15) is 0 Å². The van der Waals surface area contributed by atoms with Gasteiger partial charge in [-0.3, -0.25) is 4.79 Å². The molecule has 4 rings (SSSR count). The Bertz CT molecular complexity index is 815. The molecule has 0 spiro atoms. The Morgan fingerprint density at radius 1 is 1.11 bits per heavy atom. The third-order valence-electron chi connectivity index (χ3n) is 5.78. The molecular formula is C22H29N5O. The minimum atomic E-state index is 0.108. The summed E-state index contributed by atoms with van der Waals surface area (Å²) in [5.41, 5.74) is 3.59. The van der Waals surface area contributed by atoms with Crippen LogP contribution in [0.4, 0.5) is 5.82 Å². The molecule has 2 aromatic rings. The van der Waals surface area contributed by atoms with Crippen molar-refractivity contribution >= 4 is 11.7 Å². The molecule has 1 aliphatic carbocycles. The van der Waals surface area contributed by atoms with Gasteiger partial charge < -0.3 is 15.5 Å². The molecule has 1 saturated heterocycles. The van der Waals surface area contributed by atoms with Crippen LogP contribution in [0.15, 0.2) is 30.3 Å². The molecule has 28 heavy (non-hydrogen) atoms. The highest BCUT2D eigenvalue weighted by molar-refractivity contribution is 5.79. The van der Waals surface area contributed by atoms with E-state index >= 15 is 0 Å². The van der Waals surface area contributed by atoms with Crippen molar-refractivity contribution in [2.45, 2.75) is 32.1 Å². The number of fused-ring (bicyclic) bond motifs is 1. The number of carbonyl (C=O) groups is 1. The number of aryl methyl sites for hydroxylation is 1. The molecule has 1 aromatic heterocycles. The summed E-state index contributed by atoms with van der Waals surface area (Å²) in [4.78, 5) is 24.6. The number of likely N-dealkylation sites (N-methyl/N-ethyl adjacent to an activating group) is 1. The quantitative estimate of drug-likeness (QED) is 0.753. The lowest BCUT2D eigenvalue weighted by Crippen LogP contribution is -2.42. The second-order valence-corrected chi connectivity index (χ2v) is 7.67. The first-order valence-electron chi connectivity index (χ1n) is 10.4. The van der Waals surface area contributed by atoms with E-state index in [0.29, 0.717) is 6.54 Å². The molecule has 0 saturated carbocycles. The van der Waals surface area contributed by atoms with Crippen LogP contribution in [0, 0.1) is 5.92 Å². The number of rotatable bonds is 6. The minimum absolute atomic E-state index is 0.108. The normalized spacial score (nSPS) is 16.8. The van der Waals surface area contributed by atoms with E-state index in [9.17, 15) is 4.79 Å². The van der Waals surface area contributed by atoms with Crippen molar-refractivity contribution in [2.75, 3.05) is 38.1 Å². The van der Waals surface area contributed by atoms with Crippen LogP contribution in [0.25, 0.3) is 11.4 Å². The van der Waals surface area contributed by atoms with Crippen molar-refractivity contribution in [2.24, 2.45) is 5.92 Å². The maximum Gasteiger partial charge on any atom is 0.223 e. The van der Waals surface area contributed by atoms with Crippen molar-refractivity contribution in [1.82, 2.24) is 20.6 Å². The summed E-state index contributed by atoms with van der Waals surface area (Å²) in [7, 11) is 1.90. The number of benzene rings is 1. The highest BCUT2D eigenvalue weighted by Gasteiger charge is 2.29. The van der Waals surface area contributed by atoms with Gasteiger partial charge in [-0.1, -0.05) is 30.3 Å². The lowest BCUT2D eigenvalue weighted by Gasteiger charge is -2.33. The Morgan fingerprint density at radius 3 is 2.64 bits per heavy atom. The fraction of sp³-hybridized carbons (Fsp3) is 0.500. The minimum Gasteiger partial charge on any atom is -0.356 e. The van der Waals surface area contributed by atoms with Gasteiger partial charge in [0.15, 0.2) is 5.82 Å². The first-order chi connectivity index (χ1) is 13.8. The number of hydrogen-bond donors (Lipinski definition) is 2. The van der Waals surface area contributed by atoms with Gasteiger partial charge in [-0.15, -0.1) is 0 Å². The van der Waals surface area contributed by atoms with E-state index in [2.05, 4.69) is 27.7 Å². The van der Waals surface area contributed by atoms with Gasteiger partial charge in [0.05, 0.1) is 0 Å². The van der Waals surface area contributed by atoms with E-state index < -0.39 is 0 Å². The molecule has 0 unspecified atom stereocenters. The second-order valence-electron chi connectivity index (χ2n) is 7.67. The Morgan fingerprint density at radius 2 is 1.89 bits per heavy atom. The summed E-state index contributed by atoms with van der Waals surface area (Å²) in [6, 6.07) is 10.2. The first-order valence-corrected chi connectivity index (χ1v) is 10.4. The first kappa shape index (κ1) is 18.9. The predicted octanol–water partition coefficient (Wildman–Crippen LogP) is 2.18. The van der Waals surface area contributed by atoms with Gasteiger partial charge >= 0.3 is 0 Å². The van der Waals surface area contributed by atoms with E-state index in [1.807, 2.05) is 25.2 Å². The predicted molar refractivity (Wildman–Crippen MR) is 111 cm³/mol. The third kappa shape index (κ3) is 4.02. The molecule has 1 amide bonds. The monoisotopic (exact) mass is 379 g/mol. The van der Waals surface area contributed by atoms with Crippen LogP contribution in [0.5, 0.6) is 0 Å². The van der Waals surface area contributed by atoms with Gasteiger partial charge in [0.2, 0.25) is 5.91 Å². The number of nitrogens with one attached hydrogen (secondary N) is 2. The molecule has 1 fully saturated rings. The number of anilines is 1. The molecule has 2 N–H and O–H groups in total. The molecule has 0 atom stereocenters. The third-order valence-corrected chi connectivity index (χ3v) is 5.78. The Labute approximate surface area is 166 Å². The lowest BCUT2D eigenvalue weighted by atomic mass is 9.95. The molecule has 1 aliphatic heterocycles. The van der Waals surface area contributed by atoms with Crippen LogP contribution in [0.1, 0.15) is 30.5 Å². The molecule has 1 aromatic carbocycles. The highest BCUT2D eigenvalue weighted by Crippen LogP contribution is 2.33. The molecule has 148 valence electrons. The van der Waals surface area contributed by atoms with E-state index in [1.165, 1.54) is 11.3 Å².